The first kappa shape index (κ1) is 16.2. The summed E-state index contributed by atoms with van der Waals surface area (Å²) in [6.45, 7) is 9.52. The molecule has 2 unspecified atom stereocenters. The lowest BCUT2D eigenvalue weighted by Gasteiger charge is -2.43. The Morgan fingerprint density at radius 2 is 2.20 bits per heavy atom. The third-order valence-corrected chi connectivity index (χ3v) is 5.41. The van der Waals surface area contributed by atoms with Crippen LogP contribution in [-0.4, -0.2) is 48.6 Å². The van der Waals surface area contributed by atoms with Gasteiger partial charge in [-0.05, 0) is 47.1 Å². The minimum Gasteiger partial charge on any atom is -0.329 e. The minimum absolute atomic E-state index is 0.269. The van der Waals surface area contributed by atoms with Gasteiger partial charge in [0.25, 0.3) is 0 Å². The summed E-state index contributed by atoms with van der Waals surface area (Å²) < 4.78 is 0.940. The predicted molar refractivity (Wildman–Crippen MR) is 89.2 cm³/mol. The average molecular weight is 361 g/mol. The highest BCUT2D eigenvalue weighted by molar-refractivity contribution is 9.10. The summed E-state index contributed by atoms with van der Waals surface area (Å²) in [4.78, 5) is 5.01. The number of halogens is 2. The van der Waals surface area contributed by atoms with Gasteiger partial charge < -0.3 is 5.73 Å². The Balaban J connectivity index is 2.14. The van der Waals surface area contributed by atoms with Crippen molar-refractivity contribution in [1.29, 1.82) is 0 Å². The molecule has 5 heteroatoms. The molecule has 0 spiro atoms. The molecule has 3 nitrogen and oxygen atoms in total. The lowest BCUT2D eigenvalue weighted by Crippen LogP contribution is -2.53. The normalized spacial score (nSPS) is 22.9. The molecule has 0 aromatic heterocycles. The van der Waals surface area contributed by atoms with Crippen molar-refractivity contribution in [3.8, 4) is 0 Å². The second-order valence-corrected chi connectivity index (χ2v) is 6.66. The summed E-state index contributed by atoms with van der Waals surface area (Å²) in [7, 11) is 0. The highest BCUT2D eigenvalue weighted by atomic mass is 79.9. The van der Waals surface area contributed by atoms with E-state index in [1.807, 2.05) is 6.07 Å². The van der Waals surface area contributed by atoms with Crippen molar-refractivity contribution >= 4 is 27.5 Å². The number of benzene rings is 1. The number of hydrogen-bond acceptors (Lipinski definition) is 3. The Morgan fingerprint density at radius 1 is 1.45 bits per heavy atom. The molecule has 0 saturated carbocycles. The first-order valence-corrected chi connectivity index (χ1v) is 8.37. The van der Waals surface area contributed by atoms with E-state index in [9.17, 15) is 0 Å². The van der Waals surface area contributed by atoms with Crippen LogP contribution in [0.5, 0.6) is 0 Å². The summed E-state index contributed by atoms with van der Waals surface area (Å²) in [6.07, 6.45) is 0. The lowest BCUT2D eigenvalue weighted by molar-refractivity contribution is 0.0606. The maximum Gasteiger partial charge on any atom is 0.0548 e. The van der Waals surface area contributed by atoms with Gasteiger partial charge in [0.1, 0.15) is 0 Å². The van der Waals surface area contributed by atoms with Crippen molar-refractivity contribution in [2.24, 2.45) is 5.73 Å². The molecule has 1 aliphatic heterocycles. The van der Waals surface area contributed by atoms with Crippen LogP contribution in [0.3, 0.4) is 0 Å². The monoisotopic (exact) mass is 359 g/mol. The molecule has 1 heterocycles. The average Bonchev–Trinajstić information content (AvgIpc) is 2.44. The van der Waals surface area contributed by atoms with E-state index in [0.29, 0.717) is 12.6 Å². The fraction of sp³-hybridized carbons (Fsp3) is 0.600. The van der Waals surface area contributed by atoms with Gasteiger partial charge in [0, 0.05) is 42.7 Å². The molecule has 2 atom stereocenters. The fourth-order valence-electron chi connectivity index (χ4n) is 2.99. The SMILES string of the molecule is CCN1CCN(C(CN)c2ccc(Cl)c(Br)c2)CC1C. The number of rotatable bonds is 4. The van der Waals surface area contributed by atoms with Crippen LogP contribution in [0.1, 0.15) is 25.5 Å². The second kappa shape index (κ2) is 7.23. The van der Waals surface area contributed by atoms with Crippen LogP contribution in [0.4, 0.5) is 0 Å². The van der Waals surface area contributed by atoms with E-state index < -0.39 is 0 Å². The van der Waals surface area contributed by atoms with Gasteiger partial charge in [-0.2, -0.15) is 0 Å². The van der Waals surface area contributed by atoms with E-state index in [0.717, 1.165) is 35.7 Å². The van der Waals surface area contributed by atoms with E-state index in [4.69, 9.17) is 17.3 Å². The van der Waals surface area contributed by atoms with E-state index in [2.05, 4.69) is 51.7 Å². The number of nitrogens with zero attached hydrogens (tertiary/aromatic N) is 2. The molecule has 1 saturated heterocycles. The zero-order valence-electron chi connectivity index (χ0n) is 12.1. The van der Waals surface area contributed by atoms with Crippen LogP contribution in [-0.2, 0) is 0 Å². The molecule has 2 rings (SSSR count). The molecule has 1 aromatic carbocycles. The van der Waals surface area contributed by atoms with Gasteiger partial charge in [-0.15, -0.1) is 0 Å². The Bertz CT molecular complexity index is 455. The quantitative estimate of drug-likeness (QED) is 0.895. The molecule has 2 N–H and O–H groups in total. The number of nitrogens with two attached hydrogens (primary N) is 1. The van der Waals surface area contributed by atoms with Crippen LogP contribution in [0.2, 0.25) is 5.02 Å². The zero-order valence-corrected chi connectivity index (χ0v) is 14.5. The smallest absolute Gasteiger partial charge is 0.0548 e. The highest BCUT2D eigenvalue weighted by Gasteiger charge is 2.27. The maximum atomic E-state index is 6.08. The number of piperazine rings is 1. The van der Waals surface area contributed by atoms with Crippen LogP contribution in [0.25, 0.3) is 0 Å². The molecule has 1 aromatic rings. The van der Waals surface area contributed by atoms with Crippen LogP contribution >= 0.6 is 27.5 Å². The third-order valence-electron chi connectivity index (χ3n) is 4.20. The predicted octanol–water partition coefficient (Wildman–Crippen LogP) is 3.13. The van der Waals surface area contributed by atoms with Gasteiger partial charge in [0.05, 0.1) is 5.02 Å². The largest absolute Gasteiger partial charge is 0.329 e. The molecular weight excluding hydrogens is 338 g/mol. The molecule has 0 aliphatic carbocycles. The van der Waals surface area contributed by atoms with Crippen molar-refractivity contribution in [2.45, 2.75) is 25.9 Å². The molecule has 1 fully saturated rings. The van der Waals surface area contributed by atoms with Crippen molar-refractivity contribution in [1.82, 2.24) is 9.80 Å². The standard InChI is InChI=1S/C15H23BrClN3/c1-3-19-6-7-20(10-11(19)2)15(9-18)12-4-5-14(17)13(16)8-12/h4-5,8,11,15H,3,6-7,9-10,18H2,1-2H3. The minimum atomic E-state index is 0.269. The van der Waals surface area contributed by atoms with Gasteiger partial charge in [0.15, 0.2) is 0 Å². The summed E-state index contributed by atoms with van der Waals surface area (Å²) in [6, 6.07) is 6.97. The number of likely N-dealkylation sites (N-methyl/N-ethyl adjacent to an activating group) is 1. The summed E-state index contributed by atoms with van der Waals surface area (Å²) in [5.41, 5.74) is 7.27. The van der Waals surface area contributed by atoms with Crippen LogP contribution in [0, 0.1) is 0 Å². The zero-order chi connectivity index (χ0) is 14.7. The van der Waals surface area contributed by atoms with Crippen molar-refractivity contribution in [3.05, 3.63) is 33.3 Å². The first-order chi connectivity index (χ1) is 9.56. The van der Waals surface area contributed by atoms with Gasteiger partial charge >= 0.3 is 0 Å². The Morgan fingerprint density at radius 3 is 2.75 bits per heavy atom. The molecule has 0 bridgehead atoms. The summed E-state index contributed by atoms with van der Waals surface area (Å²) >= 11 is 9.58. The third kappa shape index (κ3) is 3.55. The Labute approximate surface area is 135 Å². The maximum absolute atomic E-state index is 6.08. The summed E-state index contributed by atoms with van der Waals surface area (Å²) in [5.74, 6) is 0. The first-order valence-electron chi connectivity index (χ1n) is 7.20. The molecule has 1 aliphatic rings. The Hall–Kier alpha value is -0.130. The summed E-state index contributed by atoms with van der Waals surface area (Å²) in [5, 5.41) is 0.744. The molecule has 112 valence electrons. The van der Waals surface area contributed by atoms with Gasteiger partial charge in [0.2, 0.25) is 0 Å². The lowest BCUT2D eigenvalue weighted by atomic mass is 10.0. The van der Waals surface area contributed by atoms with E-state index in [-0.39, 0.29) is 6.04 Å². The van der Waals surface area contributed by atoms with Gasteiger partial charge in [-0.25, -0.2) is 0 Å². The topological polar surface area (TPSA) is 32.5 Å². The van der Waals surface area contributed by atoms with Gasteiger partial charge in [-0.1, -0.05) is 24.6 Å². The molecule has 0 radical (unpaired) electrons. The fourth-order valence-corrected chi connectivity index (χ4v) is 3.51. The molecular formula is C15H23BrClN3. The second-order valence-electron chi connectivity index (χ2n) is 5.40. The van der Waals surface area contributed by atoms with Crippen molar-refractivity contribution < 1.29 is 0 Å². The van der Waals surface area contributed by atoms with E-state index >= 15 is 0 Å². The van der Waals surface area contributed by atoms with Crippen molar-refractivity contribution in [3.63, 3.8) is 0 Å². The van der Waals surface area contributed by atoms with Gasteiger partial charge in [-0.3, -0.25) is 9.80 Å². The van der Waals surface area contributed by atoms with E-state index in [1.54, 1.807) is 0 Å². The number of hydrogen-bond donors (Lipinski definition) is 1. The highest BCUT2D eigenvalue weighted by Crippen LogP contribution is 2.29. The van der Waals surface area contributed by atoms with Crippen LogP contribution < -0.4 is 5.73 Å². The Kier molecular flexibility index (Phi) is 5.87. The van der Waals surface area contributed by atoms with Crippen molar-refractivity contribution in [2.75, 3.05) is 32.7 Å². The molecule has 20 heavy (non-hydrogen) atoms. The van der Waals surface area contributed by atoms with Crippen LogP contribution in [0.15, 0.2) is 22.7 Å². The molecule has 0 amide bonds. The van der Waals surface area contributed by atoms with E-state index in [1.165, 1.54) is 5.56 Å².